The Bertz CT molecular complexity index is 1110. The van der Waals surface area contributed by atoms with Crippen molar-refractivity contribution >= 4 is 15.9 Å². The Hall–Kier alpha value is -3.16. The number of rotatable bonds is 8. The maximum atomic E-state index is 12.7. The third kappa shape index (κ3) is 5.25. The second-order valence-corrected chi connectivity index (χ2v) is 8.54. The van der Waals surface area contributed by atoms with Crippen LogP contribution in [0.15, 0.2) is 83.8 Å². The molecule has 0 aliphatic carbocycles. The molecule has 7 heteroatoms. The van der Waals surface area contributed by atoms with Crippen LogP contribution in [0.5, 0.6) is 5.75 Å². The van der Waals surface area contributed by atoms with Crippen molar-refractivity contribution in [1.82, 2.24) is 10.0 Å². The first-order chi connectivity index (χ1) is 14.4. The molecule has 0 saturated carbocycles. The van der Waals surface area contributed by atoms with Crippen LogP contribution in [0.2, 0.25) is 0 Å². The van der Waals surface area contributed by atoms with Crippen molar-refractivity contribution in [2.75, 3.05) is 7.11 Å². The summed E-state index contributed by atoms with van der Waals surface area (Å²) in [4.78, 5) is 12.8. The van der Waals surface area contributed by atoms with Gasteiger partial charge in [-0.1, -0.05) is 54.6 Å². The molecule has 1 unspecified atom stereocenters. The summed E-state index contributed by atoms with van der Waals surface area (Å²) in [6.45, 7) is 2.02. The normalized spacial score (nSPS) is 12.2. The number of nitrogens with one attached hydrogen (secondary N) is 2. The lowest BCUT2D eigenvalue weighted by atomic mass is 10.1. The minimum atomic E-state index is -3.76. The number of benzene rings is 3. The number of sulfonamides is 1. The number of hydrogen-bond donors (Lipinski definition) is 2. The molecule has 0 bridgehead atoms. The molecule has 0 fully saturated rings. The predicted molar refractivity (Wildman–Crippen MR) is 116 cm³/mol. The lowest BCUT2D eigenvalue weighted by Gasteiger charge is -2.17. The van der Waals surface area contributed by atoms with Crippen molar-refractivity contribution in [1.29, 1.82) is 0 Å². The zero-order valence-electron chi connectivity index (χ0n) is 16.8. The molecule has 156 valence electrons. The number of para-hydroxylation sites is 1. The van der Waals surface area contributed by atoms with E-state index in [0.29, 0.717) is 5.75 Å². The molecule has 2 N–H and O–H groups in total. The highest BCUT2D eigenvalue weighted by molar-refractivity contribution is 7.89. The summed E-state index contributed by atoms with van der Waals surface area (Å²) in [5.74, 6) is 0.306. The Morgan fingerprint density at radius 3 is 2.40 bits per heavy atom. The Morgan fingerprint density at radius 2 is 1.67 bits per heavy atom. The zero-order valence-corrected chi connectivity index (χ0v) is 17.6. The second-order valence-electron chi connectivity index (χ2n) is 6.78. The molecule has 6 nitrogen and oxygen atoms in total. The molecule has 0 spiro atoms. The van der Waals surface area contributed by atoms with Gasteiger partial charge in [0.1, 0.15) is 5.75 Å². The predicted octanol–water partition coefficient (Wildman–Crippen LogP) is 3.66. The first kappa shape index (κ1) is 21.5. The molecule has 0 aliphatic heterocycles. The number of carbonyl (C=O) groups excluding carboxylic acids is 1. The van der Waals surface area contributed by atoms with Gasteiger partial charge in [0.2, 0.25) is 10.0 Å². The lowest BCUT2D eigenvalue weighted by Crippen LogP contribution is -2.28. The van der Waals surface area contributed by atoms with Crippen LogP contribution in [0.25, 0.3) is 0 Å². The number of carbonyl (C=O) groups is 1. The van der Waals surface area contributed by atoms with Gasteiger partial charge in [0, 0.05) is 17.7 Å². The molecule has 0 aromatic heterocycles. The minimum Gasteiger partial charge on any atom is -0.496 e. The lowest BCUT2D eigenvalue weighted by molar-refractivity contribution is 0.0939. The maximum absolute atomic E-state index is 12.7. The Labute approximate surface area is 177 Å². The highest BCUT2D eigenvalue weighted by Gasteiger charge is 2.18. The van der Waals surface area contributed by atoms with E-state index in [1.165, 1.54) is 12.1 Å². The molecule has 30 heavy (non-hydrogen) atoms. The highest BCUT2D eigenvalue weighted by Crippen LogP contribution is 2.24. The van der Waals surface area contributed by atoms with Crippen LogP contribution in [0, 0.1) is 0 Å². The largest absolute Gasteiger partial charge is 0.496 e. The number of hydrogen-bond acceptors (Lipinski definition) is 4. The Morgan fingerprint density at radius 1 is 0.967 bits per heavy atom. The average molecular weight is 425 g/mol. The van der Waals surface area contributed by atoms with Gasteiger partial charge in [-0.25, -0.2) is 13.1 Å². The molecule has 0 radical (unpaired) electrons. The van der Waals surface area contributed by atoms with E-state index in [0.717, 1.165) is 11.1 Å². The van der Waals surface area contributed by atoms with Gasteiger partial charge in [0.25, 0.3) is 5.91 Å². The van der Waals surface area contributed by atoms with Crippen molar-refractivity contribution < 1.29 is 17.9 Å². The topological polar surface area (TPSA) is 84.5 Å². The van der Waals surface area contributed by atoms with Crippen LogP contribution < -0.4 is 14.8 Å². The average Bonchev–Trinajstić information content (AvgIpc) is 2.78. The smallest absolute Gasteiger partial charge is 0.251 e. The summed E-state index contributed by atoms with van der Waals surface area (Å²) < 4.78 is 33.2. The summed E-state index contributed by atoms with van der Waals surface area (Å²) in [6.07, 6.45) is 0. The summed E-state index contributed by atoms with van der Waals surface area (Å²) in [5, 5.41) is 2.89. The van der Waals surface area contributed by atoms with Crippen LogP contribution in [-0.4, -0.2) is 21.4 Å². The molecular weight excluding hydrogens is 400 g/mol. The highest BCUT2D eigenvalue weighted by atomic mass is 32.2. The molecule has 3 aromatic rings. The summed E-state index contributed by atoms with van der Waals surface area (Å²) >= 11 is 0. The van der Waals surface area contributed by atoms with Crippen molar-refractivity contribution in [2.24, 2.45) is 0 Å². The number of ether oxygens (including phenoxy) is 1. The monoisotopic (exact) mass is 424 g/mol. The standard InChI is InChI=1S/C23H24N2O4S/c1-17(21-13-6-7-14-22(21)29-2)25-23(26)19-11-8-12-20(15-19)30(27,28)24-16-18-9-4-3-5-10-18/h3-15,17,24H,16H2,1-2H3,(H,25,26). The molecule has 3 rings (SSSR count). The second kappa shape index (κ2) is 9.56. The number of amides is 1. The quantitative estimate of drug-likeness (QED) is 0.578. The summed E-state index contributed by atoms with van der Waals surface area (Å²) in [6, 6.07) is 22.3. The van der Waals surface area contributed by atoms with E-state index in [9.17, 15) is 13.2 Å². The van der Waals surface area contributed by atoms with E-state index in [1.54, 1.807) is 19.2 Å². The van der Waals surface area contributed by atoms with Crippen molar-refractivity contribution in [2.45, 2.75) is 24.4 Å². The summed E-state index contributed by atoms with van der Waals surface area (Å²) in [5.41, 5.74) is 1.95. The zero-order chi connectivity index (χ0) is 21.6. The third-order valence-corrected chi connectivity index (χ3v) is 6.07. The van der Waals surface area contributed by atoms with Gasteiger partial charge in [-0.15, -0.1) is 0 Å². The van der Waals surface area contributed by atoms with E-state index < -0.39 is 10.0 Å². The SMILES string of the molecule is COc1ccccc1C(C)NC(=O)c1cccc(S(=O)(=O)NCc2ccccc2)c1. The van der Waals surface area contributed by atoms with Gasteiger partial charge >= 0.3 is 0 Å². The van der Waals surface area contributed by atoms with E-state index in [-0.39, 0.29) is 29.0 Å². The van der Waals surface area contributed by atoms with Crippen molar-refractivity contribution in [3.63, 3.8) is 0 Å². The fourth-order valence-corrected chi connectivity index (χ4v) is 4.11. The molecule has 0 aliphatic rings. The number of methoxy groups -OCH3 is 1. The molecule has 0 saturated heterocycles. The van der Waals surface area contributed by atoms with Crippen LogP contribution >= 0.6 is 0 Å². The molecule has 3 aromatic carbocycles. The van der Waals surface area contributed by atoms with Gasteiger partial charge in [-0.2, -0.15) is 0 Å². The molecule has 1 amide bonds. The van der Waals surface area contributed by atoms with Gasteiger partial charge in [-0.3, -0.25) is 4.79 Å². The van der Waals surface area contributed by atoms with Gasteiger partial charge in [0.05, 0.1) is 18.0 Å². The third-order valence-electron chi connectivity index (χ3n) is 4.67. The van der Waals surface area contributed by atoms with Crippen LogP contribution in [0.1, 0.15) is 34.5 Å². The van der Waals surface area contributed by atoms with Gasteiger partial charge < -0.3 is 10.1 Å². The Balaban J connectivity index is 1.73. The van der Waals surface area contributed by atoms with Crippen LogP contribution in [0.3, 0.4) is 0 Å². The maximum Gasteiger partial charge on any atom is 0.251 e. The van der Waals surface area contributed by atoms with E-state index in [2.05, 4.69) is 10.0 Å². The van der Waals surface area contributed by atoms with E-state index >= 15 is 0 Å². The molecule has 1 atom stereocenters. The van der Waals surface area contributed by atoms with E-state index in [4.69, 9.17) is 4.74 Å². The molecule has 0 heterocycles. The fraction of sp³-hybridized carbons (Fsp3) is 0.174. The first-order valence-corrected chi connectivity index (χ1v) is 11.0. The first-order valence-electron chi connectivity index (χ1n) is 9.48. The molecular formula is C23H24N2O4S. The van der Waals surface area contributed by atoms with E-state index in [1.807, 2.05) is 61.5 Å². The Kier molecular flexibility index (Phi) is 6.87. The van der Waals surface area contributed by atoms with Crippen molar-refractivity contribution in [3.05, 3.63) is 95.6 Å². The van der Waals surface area contributed by atoms with Crippen LogP contribution in [-0.2, 0) is 16.6 Å². The van der Waals surface area contributed by atoms with Gasteiger partial charge in [0.15, 0.2) is 0 Å². The van der Waals surface area contributed by atoms with Crippen molar-refractivity contribution in [3.8, 4) is 5.75 Å². The minimum absolute atomic E-state index is 0.0380. The fourth-order valence-electron chi connectivity index (χ4n) is 3.04. The van der Waals surface area contributed by atoms with Crippen LogP contribution in [0.4, 0.5) is 0 Å². The summed E-state index contributed by atoms with van der Waals surface area (Å²) in [7, 11) is -2.18. The van der Waals surface area contributed by atoms with Gasteiger partial charge in [-0.05, 0) is 36.8 Å².